The van der Waals surface area contributed by atoms with Gasteiger partial charge in [0.25, 0.3) is 0 Å². The van der Waals surface area contributed by atoms with Gasteiger partial charge in [0.1, 0.15) is 0 Å². The third kappa shape index (κ3) is 4.22. The van der Waals surface area contributed by atoms with E-state index in [1.807, 2.05) is 0 Å². The highest BCUT2D eigenvalue weighted by Gasteiger charge is 2.25. The number of hydrogen-bond acceptors (Lipinski definition) is 0. The lowest BCUT2D eigenvalue weighted by Crippen LogP contribution is -1.93. The van der Waals surface area contributed by atoms with Crippen molar-refractivity contribution in [1.29, 1.82) is 0 Å². The molecule has 0 heterocycles. The molecule has 0 saturated carbocycles. The summed E-state index contributed by atoms with van der Waals surface area (Å²) in [7, 11) is 0. The van der Waals surface area contributed by atoms with Gasteiger partial charge in [0, 0.05) is 0 Å². The summed E-state index contributed by atoms with van der Waals surface area (Å²) in [5.41, 5.74) is 15.7. The van der Waals surface area contributed by atoms with Crippen LogP contribution >= 0.6 is 0 Å². The van der Waals surface area contributed by atoms with Crippen LogP contribution in [0.1, 0.15) is 11.1 Å². The second-order valence-corrected chi connectivity index (χ2v) is 12.0. The van der Waals surface area contributed by atoms with E-state index in [1.165, 1.54) is 88.3 Å². The molecule has 45 heavy (non-hydrogen) atoms. The minimum absolute atomic E-state index is 0.968. The first-order valence-corrected chi connectivity index (χ1v) is 15.7. The van der Waals surface area contributed by atoms with Crippen molar-refractivity contribution in [3.63, 3.8) is 0 Å². The lowest BCUT2D eigenvalue weighted by atomic mass is 9.83. The maximum absolute atomic E-state index is 2.41. The highest BCUT2D eigenvalue weighted by atomic mass is 14.3. The standard InChI is InChI=1S/C45H30/c1-3-12-30(13-4-1)32-22-24-33(25-23-32)43-37-17-7-9-19-39(37)45(40-20-10-8-18-38(40)43)41-21-11-16-36-28-35-27-26-34(29-42(35)44(36)41)31-14-5-2-6-15-31/h1-27,29H,28H2. The van der Waals surface area contributed by atoms with Gasteiger partial charge in [0.2, 0.25) is 0 Å². The van der Waals surface area contributed by atoms with E-state index in [9.17, 15) is 0 Å². The largest absolute Gasteiger partial charge is 0.0622 e. The first kappa shape index (κ1) is 25.7. The maximum atomic E-state index is 2.41. The molecule has 0 N–H and O–H groups in total. The molecule has 0 heteroatoms. The molecule has 0 fully saturated rings. The summed E-state index contributed by atoms with van der Waals surface area (Å²) in [4.78, 5) is 0. The van der Waals surface area contributed by atoms with Crippen LogP contribution in [-0.2, 0) is 6.42 Å². The average Bonchev–Trinajstić information content (AvgIpc) is 3.50. The van der Waals surface area contributed by atoms with Gasteiger partial charge in [-0.2, -0.15) is 0 Å². The van der Waals surface area contributed by atoms with Gasteiger partial charge in [-0.15, -0.1) is 0 Å². The summed E-state index contributed by atoms with van der Waals surface area (Å²) < 4.78 is 0. The van der Waals surface area contributed by atoms with E-state index in [-0.39, 0.29) is 0 Å². The topological polar surface area (TPSA) is 0 Å². The molecule has 0 saturated heterocycles. The summed E-state index contributed by atoms with van der Waals surface area (Å²) in [6.45, 7) is 0. The molecule has 0 nitrogen and oxygen atoms in total. The minimum Gasteiger partial charge on any atom is -0.0622 e. The van der Waals surface area contributed by atoms with Crippen molar-refractivity contribution < 1.29 is 0 Å². The fourth-order valence-electron chi connectivity index (χ4n) is 7.44. The Hall–Kier alpha value is -5.72. The quantitative estimate of drug-likeness (QED) is 0.185. The van der Waals surface area contributed by atoms with Crippen LogP contribution in [0, 0.1) is 0 Å². The molecule has 8 aromatic carbocycles. The second kappa shape index (κ2) is 10.5. The van der Waals surface area contributed by atoms with Crippen LogP contribution in [0.25, 0.3) is 77.2 Å². The lowest BCUT2D eigenvalue weighted by Gasteiger charge is -2.20. The van der Waals surface area contributed by atoms with E-state index < -0.39 is 0 Å². The van der Waals surface area contributed by atoms with Crippen molar-refractivity contribution in [2.24, 2.45) is 0 Å². The van der Waals surface area contributed by atoms with Crippen molar-refractivity contribution in [3.8, 4) is 55.6 Å². The zero-order valence-electron chi connectivity index (χ0n) is 24.9. The number of benzene rings is 8. The number of hydrogen-bond donors (Lipinski definition) is 0. The van der Waals surface area contributed by atoms with Crippen LogP contribution in [0.4, 0.5) is 0 Å². The molecule has 0 atom stereocenters. The fraction of sp³-hybridized carbons (Fsp3) is 0.0222. The highest BCUT2D eigenvalue weighted by molar-refractivity contribution is 6.22. The van der Waals surface area contributed by atoms with Gasteiger partial charge < -0.3 is 0 Å². The highest BCUT2D eigenvalue weighted by Crippen LogP contribution is 2.50. The predicted octanol–water partition coefficient (Wildman–Crippen LogP) is 12.2. The monoisotopic (exact) mass is 570 g/mol. The van der Waals surface area contributed by atoms with Crippen LogP contribution in [0.3, 0.4) is 0 Å². The summed E-state index contributed by atoms with van der Waals surface area (Å²) in [5, 5.41) is 5.15. The van der Waals surface area contributed by atoms with Crippen molar-refractivity contribution >= 4 is 21.5 Å². The van der Waals surface area contributed by atoms with Gasteiger partial charge in [-0.1, -0.05) is 164 Å². The molecule has 0 radical (unpaired) electrons. The molecular weight excluding hydrogens is 540 g/mol. The van der Waals surface area contributed by atoms with Gasteiger partial charge >= 0.3 is 0 Å². The minimum atomic E-state index is 0.968. The van der Waals surface area contributed by atoms with E-state index in [2.05, 4.69) is 170 Å². The number of fused-ring (bicyclic) bond motifs is 5. The Balaban J connectivity index is 1.29. The molecule has 0 unspecified atom stereocenters. The average molecular weight is 571 g/mol. The lowest BCUT2D eigenvalue weighted by molar-refractivity contribution is 1.26. The Kier molecular flexibility index (Phi) is 5.99. The van der Waals surface area contributed by atoms with Gasteiger partial charge in [-0.3, -0.25) is 0 Å². The third-order valence-electron chi connectivity index (χ3n) is 9.50. The summed E-state index contributed by atoms with van der Waals surface area (Å²) in [6, 6.07) is 62.3. The van der Waals surface area contributed by atoms with Crippen molar-refractivity contribution in [2.45, 2.75) is 6.42 Å². The van der Waals surface area contributed by atoms with E-state index in [0.29, 0.717) is 0 Å². The molecule has 0 amide bonds. The molecule has 9 rings (SSSR count). The first-order chi connectivity index (χ1) is 22.3. The van der Waals surface area contributed by atoms with Gasteiger partial charge in [0.05, 0.1) is 0 Å². The predicted molar refractivity (Wildman–Crippen MR) is 191 cm³/mol. The Morgan fingerprint density at radius 1 is 0.267 bits per heavy atom. The van der Waals surface area contributed by atoms with Gasteiger partial charge in [-0.05, 0) is 101 Å². The number of rotatable bonds is 4. The Morgan fingerprint density at radius 3 is 1.38 bits per heavy atom. The first-order valence-electron chi connectivity index (χ1n) is 15.7. The second-order valence-electron chi connectivity index (χ2n) is 12.0. The summed E-state index contributed by atoms with van der Waals surface area (Å²) in [6.07, 6.45) is 0.968. The Labute approximate surface area is 263 Å². The van der Waals surface area contributed by atoms with Crippen molar-refractivity contribution in [3.05, 3.63) is 181 Å². The molecule has 0 aromatic heterocycles. The SMILES string of the molecule is c1ccc(-c2ccc(-c3c4ccccc4c(-c4cccc5c4-c4cc(-c6ccccc6)ccc4C5)c4ccccc34)cc2)cc1. The van der Waals surface area contributed by atoms with Crippen LogP contribution in [0.2, 0.25) is 0 Å². The fourth-order valence-corrected chi connectivity index (χ4v) is 7.44. The van der Waals surface area contributed by atoms with Crippen LogP contribution in [0.15, 0.2) is 170 Å². The summed E-state index contributed by atoms with van der Waals surface area (Å²) >= 11 is 0. The molecule has 0 spiro atoms. The van der Waals surface area contributed by atoms with E-state index in [1.54, 1.807) is 0 Å². The maximum Gasteiger partial charge on any atom is -0.00132 e. The van der Waals surface area contributed by atoms with Crippen molar-refractivity contribution in [1.82, 2.24) is 0 Å². The van der Waals surface area contributed by atoms with Gasteiger partial charge in [-0.25, -0.2) is 0 Å². The van der Waals surface area contributed by atoms with Gasteiger partial charge in [0.15, 0.2) is 0 Å². The van der Waals surface area contributed by atoms with Crippen molar-refractivity contribution in [2.75, 3.05) is 0 Å². The molecular formula is C45H30. The zero-order valence-corrected chi connectivity index (χ0v) is 24.9. The third-order valence-corrected chi connectivity index (χ3v) is 9.50. The Bertz CT molecular complexity index is 2310. The van der Waals surface area contributed by atoms with Crippen LogP contribution in [0.5, 0.6) is 0 Å². The van der Waals surface area contributed by atoms with E-state index >= 15 is 0 Å². The molecule has 210 valence electrons. The van der Waals surface area contributed by atoms with Crippen LogP contribution in [-0.4, -0.2) is 0 Å². The zero-order chi connectivity index (χ0) is 29.7. The van der Waals surface area contributed by atoms with E-state index in [0.717, 1.165) is 6.42 Å². The molecule has 1 aliphatic rings. The normalized spacial score (nSPS) is 11.9. The molecule has 0 bridgehead atoms. The molecule has 1 aliphatic carbocycles. The smallest absolute Gasteiger partial charge is 0.00132 e. The molecule has 0 aliphatic heterocycles. The van der Waals surface area contributed by atoms with E-state index in [4.69, 9.17) is 0 Å². The summed E-state index contributed by atoms with van der Waals surface area (Å²) in [5.74, 6) is 0. The molecule has 8 aromatic rings. The van der Waals surface area contributed by atoms with Crippen LogP contribution < -0.4 is 0 Å². The Morgan fingerprint density at radius 2 is 0.756 bits per heavy atom.